The molecule has 1 saturated carbocycles. The molecule has 39 heavy (non-hydrogen) atoms. The van der Waals surface area contributed by atoms with Gasteiger partial charge in [0.15, 0.2) is 11.4 Å². The number of hydrogen-bond donors (Lipinski definition) is 1. The average Bonchev–Trinajstić information content (AvgIpc) is 3.50. The summed E-state index contributed by atoms with van der Waals surface area (Å²) in [6.45, 7) is 1.02. The highest BCUT2D eigenvalue weighted by Gasteiger charge is 2.36. The first kappa shape index (κ1) is 25.2. The third-order valence-electron chi connectivity index (χ3n) is 7.23. The molecule has 2 heterocycles. The van der Waals surface area contributed by atoms with E-state index in [-0.39, 0.29) is 23.5 Å². The van der Waals surface area contributed by atoms with Crippen molar-refractivity contribution in [3.63, 3.8) is 0 Å². The van der Waals surface area contributed by atoms with Crippen LogP contribution in [0.3, 0.4) is 0 Å². The van der Waals surface area contributed by atoms with Crippen LogP contribution in [0.5, 0.6) is 0 Å². The number of oxazole rings is 1. The van der Waals surface area contributed by atoms with Crippen LogP contribution in [-0.2, 0) is 19.8 Å². The van der Waals surface area contributed by atoms with Gasteiger partial charge in [-0.15, -0.1) is 10.2 Å². The van der Waals surface area contributed by atoms with Crippen molar-refractivity contribution in [2.24, 2.45) is 13.0 Å². The highest BCUT2D eigenvalue weighted by molar-refractivity contribution is 5.92. The lowest BCUT2D eigenvalue weighted by Crippen LogP contribution is -2.27. The van der Waals surface area contributed by atoms with Crippen LogP contribution >= 0.6 is 0 Å². The number of halogens is 4. The standard InChI is InChI=1S/C29H25F4N5O/c1-38-16-35-37-27(38)24-20(19-8-3-2-4-9-19)10-11-22(30)25(24)28-36-23-13-18(15-34-14-17-6-5-7-17)12-21(26(23)39-28)29(31,32)33/h2-4,8-13,16-17,34H,5-7,14-15H2,1H3. The molecule has 10 heteroatoms. The van der Waals surface area contributed by atoms with E-state index < -0.39 is 23.1 Å². The molecule has 200 valence electrons. The molecular formula is C29H25F4N5O. The van der Waals surface area contributed by atoms with Gasteiger partial charge in [-0.3, -0.25) is 0 Å². The maximum Gasteiger partial charge on any atom is 0.420 e. The number of aromatic nitrogens is 4. The Morgan fingerprint density at radius 1 is 1.05 bits per heavy atom. The van der Waals surface area contributed by atoms with Gasteiger partial charge in [0.1, 0.15) is 23.2 Å². The number of rotatable bonds is 7. The third kappa shape index (κ3) is 4.80. The number of nitrogens with one attached hydrogen (secondary N) is 1. The summed E-state index contributed by atoms with van der Waals surface area (Å²) in [7, 11) is 1.70. The normalized spacial score (nSPS) is 14.2. The Balaban J connectivity index is 1.52. The minimum absolute atomic E-state index is 0.00805. The zero-order valence-electron chi connectivity index (χ0n) is 21.1. The van der Waals surface area contributed by atoms with Crippen LogP contribution in [0.4, 0.5) is 17.6 Å². The lowest BCUT2D eigenvalue weighted by atomic mass is 9.85. The number of aryl methyl sites for hydroxylation is 1. The number of alkyl halides is 3. The Bertz CT molecular complexity index is 1640. The number of fused-ring (bicyclic) bond motifs is 1. The van der Waals surface area contributed by atoms with E-state index in [4.69, 9.17) is 4.42 Å². The van der Waals surface area contributed by atoms with Crippen molar-refractivity contribution < 1.29 is 22.0 Å². The Hall–Kier alpha value is -4.05. The van der Waals surface area contributed by atoms with Gasteiger partial charge in [0.05, 0.1) is 5.56 Å². The van der Waals surface area contributed by atoms with Crippen molar-refractivity contribution in [2.45, 2.75) is 32.0 Å². The quantitative estimate of drug-likeness (QED) is 0.227. The molecule has 0 spiro atoms. The lowest BCUT2D eigenvalue weighted by molar-refractivity contribution is -0.136. The van der Waals surface area contributed by atoms with Crippen molar-refractivity contribution in [3.05, 3.63) is 77.9 Å². The van der Waals surface area contributed by atoms with Crippen molar-refractivity contribution >= 4 is 11.1 Å². The van der Waals surface area contributed by atoms with Crippen LogP contribution in [0.2, 0.25) is 0 Å². The Labute approximate surface area is 221 Å². The molecule has 0 radical (unpaired) electrons. The Morgan fingerprint density at radius 2 is 1.85 bits per heavy atom. The topological polar surface area (TPSA) is 68.8 Å². The summed E-state index contributed by atoms with van der Waals surface area (Å²) in [6, 6.07) is 14.7. The maximum absolute atomic E-state index is 15.6. The second-order valence-corrected chi connectivity index (χ2v) is 9.91. The molecule has 0 bridgehead atoms. The number of nitrogens with zero attached hydrogens (tertiary/aromatic N) is 4. The molecule has 1 N–H and O–H groups in total. The van der Waals surface area contributed by atoms with E-state index in [1.54, 1.807) is 23.7 Å². The summed E-state index contributed by atoms with van der Waals surface area (Å²) in [5.74, 6) is -0.0746. The van der Waals surface area contributed by atoms with E-state index in [2.05, 4.69) is 20.5 Å². The monoisotopic (exact) mass is 535 g/mol. The molecule has 1 fully saturated rings. The van der Waals surface area contributed by atoms with Crippen LogP contribution in [0, 0.1) is 11.7 Å². The van der Waals surface area contributed by atoms with Crippen molar-refractivity contribution in [1.29, 1.82) is 0 Å². The van der Waals surface area contributed by atoms with Gasteiger partial charge < -0.3 is 14.3 Å². The van der Waals surface area contributed by atoms with E-state index in [0.717, 1.165) is 31.0 Å². The van der Waals surface area contributed by atoms with Gasteiger partial charge in [-0.1, -0.05) is 42.8 Å². The molecule has 0 saturated heterocycles. The molecule has 6 rings (SSSR count). The van der Waals surface area contributed by atoms with Gasteiger partial charge in [-0.05, 0) is 60.2 Å². The highest BCUT2D eigenvalue weighted by Crippen LogP contribution is 2.43. The Morgan fingerprint density at radius 3 is 2.51 bits per heavy atom. The first-order valence-corrected chi connectivity index (χ1v) is 12.7. The van der Waals surface area contributed by atoms with Gasteiger partial charge >= 0.3 is 6.18 Å². The number of benzene rings is 3. The summed E-state index contributed by atoms with van der Waals surface area (Å²) < 4.78 is 65.4. The van der Waals surface area contributed by atoms with E-state index in [0.29, 0.717) is 28.4 Å². The van der Waals surface area contributed by atoms with Gasteiger partial charge in [-0.2, -0.15) is 13.2 Å². The molecule has 0 aliphatic heterocycles. The van der Waals surface area contributed by atoms with Crippen molar-refractivity contribution in [1.82, 2.24) is 25.1 Å². The molecule has 3 aromatic carbocycles. The van der Waals surface area contributed by atoms with Gasteiger partial charge in [-0.25, -0.2) is 9.37 Å². The van der Waals surface area contributed by atoms with Crippen LogP contribution in [0.15, 0.2) is 65.3 Å². The summed E-state index contributed by atoms with van der Waals surface area (Å²) in [5.41, 5.74) is 0.679. The Kier molecular flexibility index (Phi) is 6.42. The molecule has 0 unspecified atom stereocenters. The van der Waals surface area contributed by atoms with E-state index in [9.17, 15) is 13.2 Å². The van der Waals surface area contributed by atoms with Crippen LogP contribution < -0.4 is 5.32 Å². The SMILES string of the molecule is Cn1cnnc1-c1c(-c2ccccc2)ccc(F)c1-c1nc2cc(CNCC3CCC3)cc(C(F)(F)F)c2o1. The summed E-state index contributed by atoms with van der Waals surface area (Å²) in [6.07, 6.45) is 0.240. The summed E-state index contributed by atoms with van der Waals surface area (Å²) >= 11 is 0. The lowest BCUT2D eigenvalue weighted by Gasteiger charge is -2.25. The molecule has 0 atom stereocenters. The third-order valence-corrected chi connectivity index (χ3v) is 7.23. The minimum Gasteiger partial charge on any atom is -0.435 e. The minimum atomic E-state index is -4.68. The van der Waals surface area contributed by atoms with Crippen LogP contribution in [0.1, 0.15) is 30.4 Å². The highest BCUT2D eigenvalue weighted by atomic mass is 19.4. The predicted octanol–water partition coefficient (Wildman–Crippen LogP) is 7.00. The van der Waals surface area contributed by atoms with Gasteiger partial charge in [0, 0.05) is 19.2 Å². The van der Waals surface area contributed by atoms with Crippen molar-refractivity contribution in [3.8, 4) is 34.0 Å². The van der Waals surface area contributed by atoms with Crippen LogP contribution in [-0.4, -0.2) is 26.3 Å². The van der Waals surface area contributed by atoms with Gasteiger partial charge in [0.25, 0.3) is 0 Å². The van der Waals surface area contributed by atoms with Crippen molar-refractivity contribution in [2.75, 3.05) is 6.54 Å². The fraction of sp³-hybridized carbons (Fsp3) is 0.276. The van der Waals surface area contributed by atoms with Crippen LogP contribution in [0.25, 0.3) is 45.1 Å². The van der Waals surface area contributed by atoms with E-state index in [1.165, 1.54) is 18.8 Å². The van der Waals surface area contributed by atoms with E-state index in [1.807, 2.05) is 30.3 Å². The smallest absolute Gasteiger partial charge is 0.420 e. The zero-order chi connectivity index (χ0) is 27.1. The first-order valence-electron chi connectivity index (χ1n) is 12.7. The second-order valence-electron chi connectivity index (χ2n) is 9.91. The average molecular weight is 536 g/mol. The predicted molar refractivity (Wildman–Crippen MR) is 139 cm³/mol. The molecule has 1 aliphatic carbocycles. The maximum atomic E-state index is 15.6. The molecule has 0 amide bonds. The molecule has 1 aliphatic rings. The first-order chi connectivity index (χ1) is 18.8. The van der Waals surface area contributed by atoms with E-state index >= 15 is 4.39 Å². The number of hydrogen-bond acceptors (Lipinski definition) is 5. The molecular weight excluding hydrogens is 510 g/mol. The molecule has 2 aromatic heterocycles. The molecule has 6 nitrogen and oxygen atoms in total. The van der Waals surface area contributed by atoms with Gasteiger partial charge in [0.2, 0.25) is 5.89 Å². The fourth-order valence-electron chi connectivity index (χ4n) is 5.01. The largest absolute Gasteiger partial charge is 0.435 e. The summed E-state index contributed by atoms with van der Waals surface area (Å²) in [4.78, 5) is 4.39. The zero-order valence-corrected chi connectivity index (χ0v) is 21.1. The summed E-state index contributed by atoms with van der Waals surface area (Å²) in [5, 5.41) is 11.4. The fourth-order valence-corrected chi connectivity index (χ4v) is 5.01. The molecule has 5 aromatic rings. The second kappa shape index (κ2) is 9.92.